The molecule has 0 aliphatic rings. The number of thiol groups is 1. The van der Waals surface area contributed by atoms with Crippen LogP contribution in [-0.4, -0.2) is 12.8 Å². The fourth-order valence-electron chi connectivity index (χ4n) is 1.27. The van der Waals surface area contributed by atoms with Crippen molar-refractivity contribution in [2.45, 2.75) is 13.0 Å². The third kappa shape index (κ3) is 2.41. The predicted octanol–water partition coefficient (Wildman–Crippen LogP) is 2.98. The number of halogens is 2. The highest BCUT2D eigenvalue weighted by Gasteiger charge is 2.13. The maximum Gasteiger partial charge on any atom is 0.126 e. The molecule has 1 atom stereocenters. The van der Waals surface area contributed by atoms with Crippen molar-refractivity contribution >= 4 is 24.2 Å². The first-order valence-electron chi connectivity index (χ1n) is 4.33. The van der Waals surface area contributed by atoms with Crippen LogP contribution in [0.15, 0.2) is 12.1 Å². The lowest BCUT2D eigenvalue weighted by Gasteiger charge is -2.16. The van der Waals surface area contributed by atoms with Gasteiger partial charge in [-0.3, -0.25) is 0 Å². The molecule has 1 N–H and O–H groups in total. The van der Waals surface area contributed by atoms with Crippen LogP contribution in [-0.2, 0) is 0 Å². The summed E-state index contributed by atoms with van der Waals surface area (Å²) in [6.45, 7) is 1.69. The molecule has 78 valence electrons. The second kappa shape index (κ2) is 5.01. The average Bonchev–Trinajstić information content (AvgIpc) is 2.15. The van der Waals surface area contributed by atoms with E-state index in [0.29, 0.717) is 16.3 Å². The van der Waals surface area contributed by atoms with Crippen LogP contribution in [0.4, 0.5) is 4.39 Å². The van der Waals surface area contributed by atoms with Crippen molar-refractivity contribution in [2.75, 3.05) is 12.8 Å². The maximum atomic E-state index is 13.3. The monoisotopic (exact) mass is 233 g/mol. The van der Waals surface area contributed by atoms with Crippen molar-refractivity contribution < 1.29 is 4.39 Å². The second-order valence-corrected chi connectivity index (χ2v) is 3.92. The van der Waals surface area contributed by atoms with Gasteiger partial charge in [0.05, 0.1) is 0 Å². The third-order valence-electron chi connectivity index (χ3n) is 2.18. The lowest BCUT2D eigenvalue weighted by Crippen LogP contribution is -2.18. The van der Waals surface area contributed by atoms with E-state index in [1.54, 1.807) is 20.0 Å². The molecule has 1 nitrogen and oxygen atoms in total. The van der Waals surface area contributed by atoms with Gasteiger partial charge in [-0.25, -0.2) is 4.39 Å². The summed E-state index contributed by atoms with van der Waals surface area (Å²) >= 11 is 10.2. The summed E-state index contributed by atoms with van der Waals surface area (Å²) in [5.41, 5.74) is 1.32. The van der Waals surface area contributed by atoms with E-state index in [4.69, 9.17) is 11.6 Å². The van der Waals surface area contributed by atoms with Gasteiger partial charge in [-0.15, -0.1) is 0 Å². The van der Waals surface area contributed by atoms with E-state index in [9.17, 15) is 4.39 Å². The summed E-state index contributed by atoms with van der Waals surface area (Å²) < 4.78 is 13.3. The van der Waals surface area contributed by atoms with E-state index in [2.05, 4.69) is 17.9 Å². The van der Waals surface area contributed by atoms with Crippen molar-refractivity contribution in [3.8, 4) is 0 Å². The minimum absolute atomic E-state index is 0.0130. The van der Waals surface area contributed by atoms with E-state index < -0.39 is 0 Å². The fraction of sp³-hybridized carbons (Fsp3) is 0.400. The molecule has 0 heterocycles. The van der Waals surface area contributed by atoms with E-state index in [-0.39, 0.29) is 11.9 Å². The van der Waals surface area contributed by atoms with Gasteiger partial charge in [-0.1, -0.05) is 11.6 Å². The number of hydrogen-bond donors (Lipinski definition) is 2. The normalized spacial score (nSPS) is 12.9. The van der Waals surface area contributed by atoms with Gasteiger partial charge >= 0.3 is 0 Å². The minimum atomic E-state index is -0.230. The molecule has 0 saturated carbocycles. The number of benzene rings is 1. The first kappa shape index (κ1) is 11.8. The van der Waals surface area contributed by atoms with Gasteiger partial charge in [0.1, 0.15) is 5.82 Å². The molecule has 0 radical (unpaired) electrons. The number of aryl methyl sites for hydroxylation is 1. The molecule has 0 fully saturated rings. The van der Waals surface area contributed by atoms with Crippen LogP contribution in [0.3, 0.4) is 0 Å². The van der Waals surface area contributed by atoms with Crippen molar-refractivity contribution in [3.63, 3.8) is 0 Å². The van der Waals surface area contributed by atoms with E-state index in [1.807, 2.05) is 0 Å². The Bertz CT molecular complexity index is 326. The zero-order valence-corrected chi connectivity index (χ0v) is 9.79. The number of hydrogen-bond acceptors (Lipinski definition) is 2. The molecule has 1 aromatic rings. The van der Waals surface area contributed by atoms with Crippen LogP contribution < -0.4 is 5.32 Å². The van der Waals surface area contributed by atoms with Crippen molar-refractivity contribution in [1.82, 2.24) is 5.32 Å². The molecule has 0 aliphatic heterocycles. The Morgan fingerprint density at radius 3 is 2.71 bits per heavy atom. The smallest absolute Gasteiger partial charge is 0.126 e. The summed E-state index contributed by atoms with van der Waals surface area (Å²) in [7, 11) is 1.80. The van der Waals surface area contributed by atoms with E-state index in [1.165, 1.54) is 6.07 Å². The van der Waals surface area contributed by atoms with Gasteiger partial charge in [-0.2, -0.15) is 12.6 Å². The van der Waals surface area contributed by atoms with Crippen molar-refractivity contribution in [2.24, 2.45) is 0 Å². The molecular formula is C10H13ClFNS. The molecule has 1 aromatic carbocycles. The number of nitrogens with one attached hydrogen (secondary N) is 1. The van der Waals surface area contributed by atoms with Gasteiger partial charge in [0.25, 0.3) is 0 Å². The van der Waals surface area contributed by atoms with Gasteiger partial charge in [0.2, 0.25) is 0 Å². The van der Waals surface area contributed by atoms with Crippen molar-refractivity contribution in [3.05, 3.63) is 34.1 Å². The SMILES string of the molecule is CNC(CS)c1cc(F)c(C)cc1Cl. The molecular weight excluding hydrogens is 221 g/mol. The first-order chi connectivity index (χ1) is 6.60. The zero-order valence-electron chi connectivity index (χ0n) is 8.14. The predicted molar refractivity (Wildman–Crippen MR) is 61.8 cm³/mol. The quantitative estimate of drug-likeness (QED) is 0.765. The largest absolute Gasteiger partial charge is 0.312 e. The molecule has 0 amide bonds. The third-order valence-corrected chi connectivity index (χ3v) is 2.88. The van der Waals surface area contributed by atoms with Crippen LogP contribution in [0.5, 0.6) is 0 Å². The summed E-state index contributed by atoms with van der Waals surface area (Å²) in [6, 6.07) is 3.09. The highest BCUT2D eigenvalue weighted by molar-refractivity contribution is 7.80. The standard InChI is InChI=1S/C10H13ClFNS/c1-6-3-8(11)7(4-9(6)12)10(5-14)13-2/h3-4,10,13-14H,5H2,1-2H3. The van der Waals surface area contributed by atoms with Crippen LogP contribution in [0, 0.1) is 12.7 Å². The first-order valence-corrected chi connectivity index (χ1v) is 5.34. The zero-order chi connectivity index (χ0) is 10.7. The fourth-order valence-corrected chi connectivity index (χ4v) is 2.00. The van der Waals surface area contributed by atoms with Crippen LogP contribution in [0.2, 0.25) is 5.02 Å². The molecule has 0 bridgehead atoms. The second-order valence-electron chi connectivity index (χ2n) is 3.15. The van der Waals surface area contributed by atoms with Crippen LogP contribution >= 0.6 is 24.2 Å². The molecule has 0 spiro atoms. The Hall–Kier alpha value is -0.250. The molecule has 0 aromatic heterocycles. The topological polar surface area (TPSA) is 12.0 Å². The van der Waals surface area contributed by atoms with Crippen LogP contribution in [0.25, 0.3) is 0 Å². The Balaban J connectivity index is 3.14. The maximum absolute atomic E-state index is 13.3. The van der Waals surface area contributed by atoms with Gasteiger partial charge < -0.3 is 5.32 Å². The minimum Gasteiger partial charge on any atom is -0.312 e. The highest BCUT2D eigenvalue weighted by atomic mass is 35.5. The molecule has 14 heavy (non-hydrogen) atoms. The number of rotatable bonds is 3. The van der Waals surface area contributed by atoms with Gasteiger partial charge in [0, 0.05) is 16.8 Å². The Kier molecular flexibility index (Phi) is 4.23. The van der Waals surface area contributed by atoms with E-state index >= 15 is 0 Å². The summed E-state index contributed by atoms with van der Waals surface area (Å²) in [4.78, 5) is 0. The summed E-state index contributed by atoms with van der Waals surface area (Å²) in [5.74, 6) is 0.352. The Labute approximate surface area is 94.1 Å². The summed E-state index contributed by atoms with van der Waals surface area (Å²) in [6.07, 6.45) is 0. The van der Waals surface area contributed by atoms with Crippen LogP contribution in [0.1, 0.15) is 17.2 Å². The van der Waals surface area contributed by atoms with Gasteiger partial charge in [-0.05, 0) is 37.2 Å². The lowest BCUT2D eigenvalue weighted by atomic mass is 10.1. The Morgan fingerprint density at radius 2 is 2.21 bits per heavy atom. The molecule has 0 saturated heterocycles. The highest BCUT2D eigenvalue weighted by Crippen LogP contribution is 2.26. The average molecular weight is 234 g/mol. The molecule has 4 heteroatoms. The molecule has 1 rings (SSSR count). The molecule has 0 aliphatic carbocycles. The lowest BCUT2D eigenvalue weighted by molar-refractivity contribution is 0.604. The van der Waals surface area contributed by atoms with E-state index in [0.717, 1.165) is 5.56 Å². The van der Waals surface area contributed by atoms with Gasteiger partial charge in [0.15, 0.2) is 0 Å². The Morgan fingerprint density at radius 1 is 1.57 bits per heavy atom. The summed E-state index contributed by atoms with van der Waals surface area (Å²) in [5, 5.41) is 3.61. The molecule has 1 unspecified atom stereocenters. The van der Waals surface area contributed by atoms with Crippen molar-refractivity contribution in [1.29, 1.82) is 0 Å².